The summed E-state index contributed by atoms with van der Waals surface area (Å²) in [5.41, 5.74) is 11.0. The van der Waals surface area contributed by atoms with Gasteiger partial charge in [-0.2, -0.15) is 5.10 Å². The van der Waals surface area contributed by atoms with Gasteiger partial charge in [0.05, 0.1) is 12.8 Å². The smallest absolute Gasteiger partial charge is 0.184 e. The summed E-state index contributed by atoms with van der Waals surface area (Å²) in [6.07, 6.45) is 1.62. The summed E-state index contributed by atoms with van der Waals surface area (Å²) < 4.78 is 11.6. The van der Waals surface area contributed by atoms with Gasteiger partial charge in [-0.15, -0.1) is 0 Å². The van der Waals surface area contributed by atoms with Gasteiger partial charge in [0.2, 0.25) is 0 Å². The van der Waals surface area contributed by atoms with E-state index in [0.717, 1.165) is 11.1 Å². The minimum atomic E-state index is 0.120. The number of aryl methyl sites for hydroxylation is 1. The third-order valence-electron chi connectivity index (χ3n) is 3.30. The summed E-state index contributed by atoms with van der Waals surface area (Å²) in [6, 6.07) is 13.8. The van der Waals surface area contributed by atoms with E-state index in [0.29, 0.717) is 24.7 Å². The maximum Gasteiger partial charge on any atom is 0.184 e. The molecule has 0 aliphatic rings. The molecule has 0 saturated carbocycles. The van der Waals surface area contributed by atoms with Crippen molar-refractivity contribution in [1.29, 1.82) is 0 Å². The molecular formula is C18H21N3O2S. The minimum absolute atomic E-state index is 0.120. The Hall–Kier alpha value is -2.60. The zero-order valence-corrected chi connectivity index (χ0v) is 14.6. The monoisotopic (exact) mass is 343 g/mol. The van der Waals surface area contributed by atoms with Crippen molar-refractivity contribution < 1.29 is 9.47 Å². The molecule has 6 heteroatoms. The number of hydrazone groups is 1. The van der Waals surface area contributed by atoms with Crippen LogP contribution in [-0.2, 0) is 6.61 Å². The molecule has 0 saturated heterocycles. The molecule has 2 rings (SSSR count). The van der Waals surface area contributed by atoms with E-state index < -0.39 is 0 Å². The number of nitrogens with one attached hydrogen (secondary N) is 1. The lowest BCUT2D eigenvalue weighted by Crippen LogP contribution is -2.23. The molecule has 126 valence electrons. The Labute approximate surface area is 147 Å². The maximum atomic E-state index is 5.93. The van der Waals surface area contributed by atoms with Crippen LogP contribution in [0.4, 0.5) is 0 Å². The van der Waals surface area contributed by atoms with Gasteiger partial charge < -0.3 is 15.2 Å². The maximum absolute atomic E-state index is 5.93. The van der Waals surface area contributed by atoms with Crippen LogP contribution in [0.2, 0.25) is 0 Å². The molecule has 0 atom stereocenters. The van der Waals surface area contributed by atoms with Crippen molar-refractivity contribution in [3.63, 3.8) is 0 Å². The molecule has 2 aromatic rings. The number of ether oxygens (including phenoxy) is 2. The van der Waals surface area contributed by atoms with E-state index in [2.05, 4.69) is 29.6 Å². The molecule has 24 heavy (non-hydrogen) atoms. The predicted molar refractivity (Wildman–Crippen MR) is 101 cm³/mol. The van der Waals surface area contributed by atoms with Gasteiger partial charge in [0.25, 0.3) is 0 Å². The third-order valence-corrected chi connectivity index (χ3v) is 3.39. The highest BCUT2D eigenvalue weighted by Gasteiger charge is 2.07. The summed E-state index contributed by atoms with van der Waals surface area (Å²) in [5.74, 6) is 1.37. The van der Waals surface area contributed by atoms with Crippen LogP contribution in [0, 0.1) is 6.92 Å². The van der Waals surface area contributed by atoms with Gasteiger partial charge >= 0.3 is 0 Å². The topological polar surface area (TPSA) is 68.9 Å². The average molecular weight is 343 g/mol. The van der Waals surface area contributed by atoms with E-state index in [1.165, 1.54) is 5.56 Å². The molecular weight excluding hydrogens is 322 g/mol. The molecule has 5 nitrogen and oxygen atoms in total. The van der Waals surface area contributed by atoms with Crippen molar-refractivity contribution in [3.8, 4) is 11.5 Å². The van der Waals surface area contributed by atoms with Crippen LogP contribution in [0.5, 0.6) is 11.5 Å². The lowest BCUT2D eigenvalue weighted by Gasteiger charge is -2.13. The van der Waals surface area contributed by atoms with E-state index in [-0.39, 0.29) is 5.11 Å². The van der Waals surface area contributed by atoms with Gasteiger partial charge in [-0.3, -0.25) is 5.43 Å². The predicted octanol–water partition coefficient (Wildman–Crippen LogP) is 3.14. The van der Waals surface area contributed by atoms with Gasteiger partial charge in [-0.05, 0) is 61.0 Å². The first-order valence-electron chi connectivity index (χ1n) is 7.62. The summed E-state index contributed by atoms with van der Waals surface area (Å²) >= 11 is 4.70. The number of nitrogens with two attached hydrogens (primary N) is 1. The second-order valence-electron chi connectivity index (χ2n) is 5.09. The highest BCUT2D eigenvalue weighted by Crippen LogP contribution is 2.29. The van der Waals surface area contributed by atoms with Gasteiger partial charge in [0.1, 0.15) is 6.61 Å². The van der Waals surface area contributed by atoms with Crippen LogP contribution in [0.25, 0.3) is 0 Å². The summed E-state index contributed by atoms with van der Waals surface area (Å²) in [4.78, 5) is 0. The number of hydrogen-bond donors (Lipinski definition) is 2. The highest BCUT2D eigenvalue weighted by atomic mass is 32.1. The fraction of sp³-hybridized carbons (Fsp3) is 0.222. The fourth-order valence-corrected chi connectivity index (χ4v) is 2.14. The molecule has 0 aliphatic heterocycles. The Morgan fingerprint density at radius 1 is 1.21 bits per heavy atom. The number of hydrogen-bond acceptors (Lipinski definition) is 4. The molecule has 0 amide bonds. The van der Waals surface area contributed by atoms with Gasteiger partial charge in [-0.25, -0.2) is 0 Å². The van der Waals surface area contributed by atoms with Crippen molar-refractivity contribution in [1.82, 2.24) is 5.43 Å². The van der Waals surface area contributed by atoms with E-state index in [1.54, 1.807) is 6.21 Å². The fourth-order valence-electron chi connectivity index (χ4n) is 2.09. The Kier molecular flexibility index (Phi) is 6.57. The molecule has 2 aromatic carbocycles. The standard InChI is InChI=1S/C18H21N3O2S/c1-3-22-17-10-14(11-20-21-18(19)24)8-9-16(17)23-12-15-7-5-4-6-13(15)2/h4-11H,3,12H2,1-2H3,(H3,19,21,24). The van der Waals surface area contributed by atoms with Gasteiger partial charge in [0.15, 0.2) is 16.6 Å². The lowest BCUT2D eigenvalue weighted by atomic mass is 10.1. The van der Waals surface area contributed by atoms with Crippen molar-refractivity contribution in [2.24, 2.45) is 10.8 Å². The zero-order chi connectivity index (χ0) is 17.4. The van der Waals surface area contributed by atoms with Crippen LogP contribution >= 0.6 is 12.2 Å². The molecule has 0 unspecified atom stereocenters. The van der Waals surface area contributed by atoms with E-state index >= 15 is 0 Å². The Morgan fingerprint density at radius 2 is 2.00 bits per heavy atom. The van der Waals surface area contributed by atoms with Gasteiger partial charge in [0, 0.05) is 0 Å². The summed E-state index contributed by atoms with van der Waals surface area (Å²) in [5, 5.41) is 4.06. The van der Waals surface area contributed by atoms with Crippen molar-refractivity contribution >= 4 is 23.5 Å². The molecule has 3 N–H and O–H groups in total. The molecule has 0 fully saturated rings. The number of rotatable bonds is 7. The first-order chi connectivity index (χ1) is 11.6. The first kappa shape index (κ1) is 17.7. The van der Waals surface area contributed by atoms with Crippen molar-refractivity contribution in [3.05, 3.63) is 59.2 Å². The second-order valence-corrected chi connectivity index (χ2v) is 5.53. The molecule has 0 heterocycles. The van der Waals surface area contributed by atoms with Crippen molar-refractivity contribution in [2.45, 2.75) is 20.5 Å². The molecule has 0 radical (unpaired) electrons. The largest absolute Gasteiger partial charge is 0.490 e. The SMILES string of the molecule is CCOc1cc(C=NNC(N)=S)ccc1OCc1ccccc1C. The van der Waals surface area contributed by atoms with Crippen LogP contribution in [-0.4, -0.2) is 17.9 Å². The normalized spacial score (nSPS) is 10.6. The molecule has 0 aromatic heterocycles. The Bertz CT molecular complexity index is 732. The van der Waals surface area contributed by atoms with Crippen LogP contribution in [0.3, 0.4) is 0 Å². The van der Waals surface area contributed by atoms with E-state index in [9.17, 15) is 0 Å². The molecule has 0 aliphatic carbocycles. The molecule has 0 spiro atoms. The van der Waals surface area contributed by atoms with Crippen LogP contribution in [0.1, 0.15) is 23.6 Å². The number of benzene rings is 2. The molecule has 0 bridgehead atoms. The highest BCUT2D eigenvalue weighted by molar-refractivity contribution is 7.80. The van der Waals surface area contributed by atoms with Crippen LogP contribution < -0.4 is 20.6 Å². The summed E-state index contributed by atoms with van der Waals surface area (Å²) in [7, 11) is 0. The van der Waals surface area contributed by atoms with E-state index in [1.807, 2.05) is 37.3 Å². The van der Waals surface area contributed by atoms with Gasteiger partial charge in [-0.1, -0.05) is 24.3 Å². The average Bonchev–Trinajstić information content (AvgIpc) is 2.55. The summed E-state index contributed by atoms with van der Waals surface area (Å²) in [6.45, 7) is 5.03. The minimum Gasteiger partial charge on any atom is -0.490 e. The zero-order valence-electron chi connectivity index (χ0n) is 13.8. The quantitative estimate of drug-likeness (QED) is 0.459. The van der Waals surface area contributed by atoms with E-state index in [4.69, 9.17) is 27.4 Å². The third kappa shape index (κ3) is 5.24. The first-order valence-corrected chi connectivity index (χ1v) is 8.03. The second kappa shape index (κ2) is 8.88. The number of thiocarbonyl (C=S) groups is 1. The lowest BCUT2D eigenvalue weighted by molar-refractivity contribution is 0.269. The Balaban J connectivity index is 2.12. The Morgan fingerprint density at radius 3 is 2.71 bits per heavy atom. The number of nitrogens with zero attached hydrogens (tertiary/aromatic N) is 1. The van der Waals surface area contributed by atoms with Crippen molar-refractivity contribution in [2.75, 3.05) is 6.61 Å². The van der Waals surface area contributed by atoms with Crippen LogP contribution in [0.15, 0.2) is 47.6 Å².